The van der Waals surface area contributed by atoms with Crippen LogP contribution in [0.3, 0.4) is 0 Å². The van der Waals surface area contributed by atoms with Gasteiger partial charge in [-0.1, -0.05) is 12.1 Å². The number of fused-ring (bicyclic) bond motifs is 2. The lowest BCUT2D eigenvalue weighted by Gasteiger charge is -2.28. The smallest absolute Gasteiger partial charge is 0.410 e. The highest BCUT2D eigenvalue weighted by atomic mass is 19.1. The summed E-state index contributed by atoms with van der Waals surface area (Å²) in [7, 11) is 0. The van der Waals surface area contributed by atoms with Gasteiger partial charge in [-0.3, -0.25) is 9.69 Å². The second-order valence-electron chi connectivity index (χ2n) is 9.75. The van der Waals surface area contributed by atoms with E-state index in [1.54, 1.807) is 39.0 Å². The van der Waals surface area contributed by atoms with Gasteiger partial charge in [-0.25, -0.2) is 9.18 Å². The third kappa shape index (κ3) is 5.19. The van der Waals surface area contributed by atoms with E-state index < -0.39 is 11.7 Å². The number of hydrogen-bond acceptors (Lipinski definition) is 4. The lowest BCUT2D eigenvalue weighted by molar-refractivity contribution is -0.108. The number of hydrogen-bond donors (Lipinski definition) is 0. The van der Waals surface area contributed by atoms with Gasteiger partial charge in [0, 0.05) is 12.1 Å². The first kappa shape index (κ1) is 23.7. The molecule has 1 aliphatic carbocycles. The topological polar surface area (TPSA) is 68.6 Å². The molecule has 6 nitrogen and oxygen atoms in total. The van der Waals surface area contributed by atoms with Gasteiger partial charge >= 0.3 is 6.09 Å². The molecule has 2 aromatic carbocycles. The summed E-state index contributed by atoms with van der Waals surface area (Å²) in [5, 5.41) is 0.864. The first-order chi connectivity index (χ1) is 16.1. The minimum absolute atomic E-state index is 0.00297. The van der Waals surface area contributed by atoms with Crippen molar-refractivity contribution in [3.05, 3.63) is 80.9 Å². The van der Waals surface area contributed by atoms with Crippen LogP contribution in [0.15, 0.2) is 47.3 Å². The van der Waals surface area contributed by atoms with Crippen LogP contribution in [-0.2, 0) is 42.0 Å². The summed E-state index contributed by atoms with van der Waals surface area (Å²) in [6, 6.07) is 11.8. The van der Waals surface area contributed by atoms with Crippen molar-refractivity contribution >= 4 is 23.3 Å². The van der Waals surface area contributed by atoms with Gasteiger partial charge in [-0.05, 0) is 92.4 Å². The van der Waals surface area contributed by atoms with E-state index in [0.717, 1.165) is 30.2 Å². The van der Waals surface area contributed by atoms with E-state index in [1.807, 2.05) is 6.07 Å². The molecule has 178 valence electrons. The Balaban J connectivity index is 1.76. The van der Waals surface area contributed by atoms with E-state index in [1.165, 1.54) is 32.7 Å². The summed E-state index contributed by atoms with van der Waals surface area (Å²) in [5.74, 6) is -0.369. The molecule has 0 unspecified atom stereocenters. The Hall–Kier alpha value is -3.48. The van der Waals surface area contributed by atoms with Crippen molar-refractivity contribution in [3.8, 4) is 0 Å². The van der Waals surface area contributed by atoms with Crippen LogP contribution in [0.1, 0.15) is 49.4 Å². The van der Waals surface area contributed by atoms with Gasteiger partial charge in [0.1, 0.15) is 17.7 Å². The summed E-state index contributed by atoms with van der Waals surface area (Å²) in [5.41, 5.74) is 3.25. The number of halogens is 1. The number of carbonyl (C=O) groups is 2. The summed E-state index contributed by atoms with van der Waals surface area (Å²) in [4.78, 5) is 39.3. The van der Waals surface area contributed by atoms with Crippen molar-refractivity contribution in [1.82, 2.24) is 9.47 Å². The number of pyridine rings is 1. The largest absolute Gasteiger partial charge is 0.444 e. The molecule has 0 radical (unpaired) electrons. The number of aryl methyl sites for hydroxylation is 2. The zero-order chi connectivity index (χ0) is 24.5. The molecular weight excluding hydrogens is 435 g/mol. The first-order valence-electron chi connectivity index (χ1n) is 11.5. The lowest BCUT2D eigenvalue weighted by atomic mass is 10.0. The van der Waals surface area contributed by atoms with E-state index in [-0.39, 0.29) is 31.0 Å². The average Bonchev–Trinajstić information content (AvgIpc) is 3.22. The molecule has 0 saturated carbocycles. The minimum atomic E-state index is -0.722. The first-order valence-corrected chi connectivity index (χ1v) is 11.5. The number of nitrogens with zero attached hydrogens (tertiary/aromatic N) is 2. The molecule has 34 heavy (non-hydrogen) atoms. The standard InChI is InChI=1S/C27H29FN2O4/c1-27(2,3)34-26(33)29(16-18-7-9-23(28)10-8-18)17-22-14-21-13-19-5-4-6-20(19)15-24(21)30(11-12-31)25(22)32/h7-10,12-15H,4-6,11,16-17H2,1-3H3. The van der Waals surface area contributed by atoms with Gasteiger partial charge in [-0.15, -0.1) is 0 Å². The Kier molecular flexibility index (Phi) is 6.55. The molecule has 1 amide bonds. The van der Waals surface area contributed by atoms with E-state index in [0.29, 0.717) is 17.4 Å². The highest BCUT2D eigenvalue weighted by Crippen LogP contribution is 2.27. The number of aromatic nitrogens is 1. The molecule has 0 atom stereocenters. The number of carbonyl (C=O) groups excluding carboxylic acids is 2. The Labute approximate surface area is 197 Å². The molecule has 1 aliphatic rings. The Bertz CT molecular complexity index is 1290. The third-order valence-corrected chi connectivity index (χ3v) is 5.94. The predicted molar refractivity (Wildman–Crippen MR) is 128 cm³/mol. The van der Waals surface area contributed by atoms with Crippen LogP contribution >= 0.6 is 0 Å². The van der Waals surface area contributed by atoms with Gasteiger partial charge < -0.3 is 14.1 Å². The van der Waals surface area contributed by atoms with Crippen molar-refractivity contribution in [2.24, 2.45) is 0 Å². The molecule has 7 heteroatoms. The number of aldehydes is 1. The maximum Gasteiger partial charge on any atom is 0.410 e. The van der Waals surface area contributed by atoms with Gasteiger partial charge in [0.05, 0.1) is 18.6 Å². The molecule has 1 aromatic heterocycles. The predicted octanol–water partition coefficient (Wildman–Crippen LogP) is 4.77. The molecule has 4 rings (SSSR count). The molecule has 0 aliphatic heterocycles. The molecule has 0 saturated heterocycles. The summed E-state index contributed by atoms with van der Waals surface area (Å²) >= 11 is 0. The van der Waals surface area contributed by atoms with Crippen LogP contribution in [-0.4, -0.2) is 27.4 Å². The Morgan fingerprint density at radius 1 is 1.09 bits per heavy atom. The third-order valence-electron chi connectivity index (χ3n) is 5.94. The van der Waals surface area contributed by atoms with Gasteiger partial charge in [0.15, 0.2) is 0 Å². The second kappa shape index (κ2) is 9.41. The lowest BCUT2D eigenvalue weighted by Crippen LogP contribution is -2.38. The average molecular weight is 465 g/mol. The van der Waals surface area contributed by atoms with Crippen LogP contribution in [0.25, 0.3) is 10.9 Å². The summed E-state index contributed by atoms with van der Waals surface area (Å²) in [6.45, 7) is 5.39. The quantitative estimate of drug-likeness (QED) is 0.493. The Morgan fingerprint density at radius 2 is 1.76 bits per heavy atom. The van der Waals surface area contributed by atoms with Crippen LogP contribution in [0.2, 0.25) is 0 Å². The van der Waals surface area contributed by atoms with Gasteiger partial charge in [0.2, 0.25) is 0 Å². The SMILES string of the molecule is CC(C)(C)OC(=O)N(Cc1ccc(F)cc1)Cc1cc2cc3c(cc2n(CC=O)c1=O)CCC3. The van der Waals surface area contributed by atoms with Crippen molar-refractivity contribution in [1.29, 1.82) is 0 Å². The maximum atomic E-state index is 13.4. The highest BCUT2D eigenvalue weighted by Gasteiger charge is 2.24. The molecule has 1 heterocycles. The molecule has 0 N–H and O–H groups in total. The molecule has 0 bridgehead atoms. The van der Waals surface area contributed by atoms with Gasteiger partial charge in [-0.2, -0.15) is 0 Å². The fourth-order valence-electron chi connectivity index (χ4n) is 4.41. The zero-order valence-electron chi connectivity index (χ0n) is 19.8. The number of rotatable bonds is 6. The fraction of sp³-hybridized carbons (Fsp3) is 0.370. The molecular formula is C27H29FN2O4. The zero-order valence-corrected chi connectivity index (χ0v) is 19.8. The molecule has 0 fully saturated rings. The number of benzene rings is 2. The normalized spacial score (nSPS) is 13.1. The number of amides is 1. The van der Waals surface area contributed by atoms with Crippen molar-refractivity contribution in [2.45, 2.75) is 65.3 Å². The highest BCUT2D eigenvalue weighted by molar-refractivity contribution is 5.82. The van der Waals surface area contributed by atoms with Crippen LogP contribution in [0, 0.1) is 5.82 Å². The monoisotopic (exact) mass is 464 g/mol. The van der Waals surface area contributed by atoms with E-state index in [9.17, 15) is 18.8 Å². The van der Waals surface area contributed by atoms with E-state index >= 15 is 0 Å². The number of ether oxygens (including phenoxy) is 1. The van der Waals surface area contributed by atoms with E-state index in [4.69, 9.17) is 4.74 Å². The van der Waals surface area contributed by atoms with Crippen LogP contribution < -0.4 is 5.56 Å². The fourth-order valence-corrected chi connectivity index (χ4v) is 4.41. The van der Waals surface area contributed by atoms with Crippen molar-refractivity contribution in [2.75, 3.05) is 0 Å². The van der Waals surface area contributed by atoms with Crippen LogP contribution in [0.5, 0.6) is 0 Å². The van der Waals surface area contributed by atoms with Crippen LogP contribution in [0.4, 0.5) is 9.18 Å². The second-order valence-corrected chi connectivity index (χ2v) is 9.75. The maximum absolute atomic E-state index is 13.4. The molecule has 3 aromatic rings. The minimum Gasteiger partial charge on any atom is -0.444 e. The van der Waals surface area contributed by atoms with Crippen molar-refractivity contribution in [3.63, 3.8) is 0 Å². The van der Waals surface area contributed by atoms with Crippen molar-refractivity contribution < 1.29 is 18.7 Å². The Morgan fingerprint density at radius 3 is 2.41 bits per heavy atom. The summed E-state index contributed by atoms with van der Waals surface area (Å²) in [6.07, 6.45) is 3.16. The summed E-state index contributed by atoms with van der Waals surface area (Å²) < 4.78 is 20.4. The van der Waals surface area contributed by atoms with Gasteiger partial charge in [0.25, 0.3) is 5.56 Å². The van der Waals surface area contributed by atoms with E-state index in [2.05, 4.69) is 6.07 Å². The molecule has 0 spiro atoms.